The predicted molar refractivity (Wildman–Crippen MR) is 82.3 cm³/mol. The summed E-state index contributed by atoms with van der Waals surface area (Å²) in [5.74, 6) is -1.06. The Morgan fingerprint density at radius 3 is 2.57 bits per heavy atom. The van der Waals surface area contributed by atoms with Crippen molar-refractivity contribution in [3.05, 3.63) is 0 Å². The monoisotopic (exact) mass is 299 g/mol. The van der Waals surface area contributed by atoms with Crippen LogP contribution in [0.5, 0.6) is 0 Å². The molecule has 0 spiro atoms. The molecule has 21 heavy (non-hydrogen) atoms. The molecule has 0 aromatic heterocycles. The number of rotatable bonds is 8. The first-order valence-electron chi connectivity index (χ1n) is 8.06. The molecule has 0 aromatic carbocycles. The van der Waals surface area contributed by atoms with Gasteiger partial charge >= 0.3 is 12.0 Å². The highest BCUT2D eigenvalue weighted by Crippen LogP contribution is 2.24. The Morgan fingerprint density at radius 2 is 1.95 bits per heavy atom. The number of carbonyl (C=O) groups is 2. The van der Waals surface area contributed by atoms with Crippen LogP contribution < -0.4 is 10.6 Å². The van der Waals surface area contributed by atoms with Gasteiger partial charge in [0.25, 0.3) is 0 Å². The van der Waals surface area contributed by atoms with Crippen molar-refractivity contribution in [2.24, 2.45) is 5.92 Å². The van der Waals surface area contributed by atoms with Crippen molar-refractivity contribution in [3.63, 3.8) is 0 Å². The maximum atomic E-state index is 11.8. The normalized spacial score (nSPS) is 22.0. The quantitative estimate of drug-likeness (QED) is 0.595. The largest absolute Gasteiger partial charge is 0.481 e. The van der Waals surface area contributed by atoms with Crippen molar-refractivity contribution in [2.75, 3.05) is 26.2 Å². The molecule has 3 N–H and O–H groups in total. The molecule has 0 saturated heterocycles. The van der Waals surface area contributed by atoms with Gasteiger partial charge < -0.3 is 20.6 Å². The molecule has 0 bridgehead atoms. The van der Waals surface area contributed by atoms with E-state index in [0.29, 0.717) is 13.0 Å². The van der Waals surface area contributed by atoms with Crippen molar-refractivity contribution >= 4 is 12.0 Å². The summed E-state index contributed by atoms with van der Waals surface area (Å²) in [5.41, 5.74) is 0. The summed E-state index contributed by atoms with van der Waals surface area (Å²) in [6, 6.07) is -0.187. The second-order valence-electron chi connectivity index (χ2n) is 5.68. The second kappa shape index (κ2) is 9.60. The number of carboxylic acids is 1. The van der Waals surface area contributed by atoms with E-state index in [9.17, 15) is 9.59 Å². The Labute approximate surface area is 127 Å². The van der Waals surface area contributed by atoms with Crippen LogP contribution in [0.25, 0.3) is 0 Å². The third-order valence-corrected chi connectivity index (χ3v) is 4.19. The summed E-state index contributed by atoms with van der Waals surface area (Å²) >= 11 is 0. The molecule has 1 saturated carbocycles. The Morgan fingerprint density at radius 1 is 1.24 bits per heavy atom. The molecular weight excluding hydrogens is 270 g/mol. The summed E-state index contributed by atoms with van der Waals surface area (Å²) < 4.78 is 0. The van der Waals surface area contributed by atoms with Crippen molar-refractivity contribution in [2.45, 2.75) is 52.0 Å². The molecule has 1 rings (SSSR count). The molecule has 0 aliphatic heterocycles. The fourth-order valence-corrected chi connectivity index (χ4v) is 2.83. The van der Waals surface area contributed by atoms with Crippen LogP contribution in [0.4, 0.5) is 4.79 Å². The van der Waals surface area contributed by atoms with Gasteiger partial charge in [-0.3, -0.25) is 4.79 Å². The number of carboxylic acid groups (broad SMARTS) is 1. The van der Waals surface area contributed by atoms with Gasteiger partial charge in [-0.15, -0.1) is 0 Å². The smallest absolute Gasteiger partial charge is 0.315 e. The molecule has 122 valence electrons. The van der Waals surface area contributed by atoms with E-state index in [1.807, 2.05) is 0 Å². The Balaban J connectivity index is 2.17. The first-order valence-corrected chi connectivity index (χ1v) is 8.06. The van der Waals surface area contributed by atoms with Crippen molar-refractivity contribution in [1.29, 1.82) is 0 Å². The van der Waals surface area contributed by atoms with Gasteiger partial charge in [0.1, 0.15) is 0 Å². The van der Waals surface area contributed by atoms with E-state index >= 15 is 0 Å². The molecule has 1 aliphatic carbocycles. The maximum Gasteiger partial charge on any atom is 0.315 e. The number of aliphatic carboxylic acids is 1. The fraction of sp³-hybridized carbons (Fsp3) is 0.867. The molecule has 0 heterocycles. The van der Waals surface area contributed by atoms with Crippen LogP contribution in [-0.4, -0.2) is 54.2 Å². The summed E-state index contributed by atoms with van der Waals surface area (Å²) in [5, 5.41) is 14.8. The molecule has 0 aromatic rings. The molecule has 2 unspecified atom stereocenters. The SMILES string of the molecule is CCN(CC)CCCNC(=O)NC1CCCC(C(=O)O)C1. The number of hydrogen-bond donors (Lipinski definition) is 3. The summed E-state index contributed by atoms with van der Waals surface area (Å²) in [4.78, 5) is 25.1. The average molecular weight is 299 g/mol. The van der Waals surface area contributed by atoms with Crippen molar-refractivity contribution in [1.82, 2.24) is 15.5 Å². The van der Waals surface area contributed by atoms with E-state index in [-0.39, 0.29) is 18.0 Å². The van der Waals surface area contributed by atoms with Crippen molar-refractivity contribution in [3.8, 4) is 0 Å². The lowest BCUT2D eigenvalue weighted by Gasteiger charge is -2.27. The van der Waals surface area contributed by atoms with Crippen LogP contribution in [0.3, 0.4) is 0 Å². The molecule has 2 amide bonds. The van der Waals surface area contributed by atoms with E-state index in [4.69, 9.17) is 5.11 Å². The lowest BCUT2D eigenvalue weighted by Crippen LogP contribution is -2.45. The first-order chi connectivity index (χ1) is 10.1. The molecule has 2 atom stereocenters. The Hall–Kier alpha value is -1.30. The van der Waals surface area contributed by atoms with Gasteiger partial charge in [0, 0.05) is 12.6 Å². The zero-order valence-corrected chi connectivity index (χ0v) is 13.2. The van der Waals surface area contributed by atoms with Gasteiger partial charge in [0.05, 0.1) is 5.92 Å². The molecular formula is C15H29N3O3. The van der Waals surface area contributed by atoms with Crippen LogP contribution in [0, 0.1) is 5.92 Å². The van der Waals surface area contributed by atoms with Gasteiger partial charge in [-0.2, -0.15) is 0 Å². The van der Waals surface area contributed by atoms with Crippen LogP contribution in [0.1, 0.15) is 46.0 Å². The number of amides is 2. The molecule has 1 aliphatic rings. The molecule has 1 fully saturated rings. The predicted octanol–water partition coefficient (Wildman–Crippen LogP) is 1.66. The fourth-order valence-electron chi connectivity index (χ4n) is 2.83. The zero-order valence-electron chi connectivity index (χ0n) is 13.2. The third kappa shape index (κ3) is 6.80. The van der Waals surface area contributed by atoms with E-state index in [2.05, 4.69) is 29.4 Å². The molecule has 6 heteroatoms. The number of nitrogens with one attached hydrogen (secondary N) is 2. The molecule has 6 nitrogen and oxygen atoms in total. The lowest BCUT2D eigenvalue weighted by atomic mass is 9.86. The van der Waals surface area contributed by atoms with Crippen LogP contribution in [0.15, 0.2) is 0 Å². The van der Waals surface area contributed by atoms with Gasteiger partial charge in [-0.1, -0.05) is 20.3 Å². The minimum atomic E-state index is -0.749. The van der Waals surface area contributed by atoms with E-state index in [0.717, 1.165) is 45.3 Å². The summed E-state index contributed by atoms with van der Waals surface area (Å²) in [6.45, 7) is 7.95. The Kier molecular flexibility index (Phi) is 8.12. The summed E-state index contributed by atoms with van der Waals surface area (Å²) in [6.07, 6.45) is 3.93. The summed E-state index contributed by atoms with van der Waals surface area (Å²) in [7, 11) is 0. The highest BCUT2D eigenvalue weighted by molar-refractivity contribution is 5.74. The number of carbonyl (C=O) groups excluding carboxylic acids is 1. The number of nitrogens with zero attached hydrogens (tertiary/aromatic N) is 1. The van der Waals surface area contributed by atoms with Gasteiger partial charge in [-0.25, -0.2) is 4.79 Å². The van der Waals surface area contributed by atoms with Crippen LogP contribution in [-0.2, 0) is 4.79 Å². The van der Waals surface area contributed by atoms with Crippen LogP contribution >= 0.6 is 0 Å². The second-order valence-corrected chi connectivity index (χ2v) is 5.68. The first kappa shape index (κ1) is 17.8. The van der Waals surface area contributed by atoms with E-state index in [1.165, 1.54) is 0 Å². The van der Waals surface area contributed by atoms with Gasteiger partial charge in [0.2, 0.25) is 0 Å². The van der Waals surface area contributed by atoms with Gasteiger partial charge in [0.15, 0.2) is 0 Å². The maximum absolute atomic E-state index is 11.8. The minimum Gasteiger partial charge on any atom is -0.481 e. The van der Waals surface area contributed by atoms with Crippen LogP contribution in [0.2, 0.25) is 0 Å². The highest BCUT2D eigenvalue weighted by Gasteiger charge is 2.27. The van der Waals surface area contributed by atoms with Gasteiger partial charge in [-0.05, 0) is 45.3 Å². The molecule has 0 radical (unpaired) electrons. The minimum absolute atomic E-state index is 0.0115. The lowest BCUT2D eigenvalue weighted by molar-refractivity contribution is -0.143. The number of hydrogen-bond acceptors (Lipinski definition) is 3. The van der Waals surface area contributed by atoms with E-state index in [1.54, 1.807) is 0 Å². The standard InChI is InChI=1S/C15H29N3O3/c1-3-18(4-2)10-6-9-16-15(21)17-13-8-5-7-12(11-13)14(19)20/h12-13H,3-11H2,1-2H3,(H,19,20)(H2,16,17,21). The number of urea groups is 1. The van der Waals surface area contributed by atoms with E-state index < -0.39 is 5.97 Å². The Bertz CT molecular complexity index is 332. The third-order valence-electron chi connectivity index (χ3n) is 4.19. The topological polar surface area (TPSA) is 81.7 Å². The van der Waals surface area contributed by atoms with Crippen molar-refractivity contribution < 1.29 is 14.7 Å². The zero-order chi connectivity index (χ0) is 15.7. The highest BCUT2D eigenvalue weighted by atomic mass is 16.4. The average Bonchev–Trinajstić information content (AvgIpc) is 2.47.